The average molecular weight is 626 g/mol. The molecule has 1 aliphatic rings. The van der Waals surface area contributed by atoms with Crippen molar-refractivity contribution in [2.45, 2.75) is 13.2 Å². The number of rotatable bonds is 8. The highest BCUT2D eigenvalue weighted by Crippen LogP contribution is 2.39. The van der Waals surface area contributed by atoms with Crippen LogP contribution in [-0.4, -0.2) is 23.1 Å². The molecule has 8 heteroatoms. The summed E-state index contributed by atoms with van der Waals surface area (Å²) < 4.78 is 11.6. The molecule has 6 rings (SSSR count). The summed E-state index contributed by atoms with van der Waals surface area (Å²) in [4.78, 5) is 21.1. The molecule has 1 saturated heterocycles. The van der Waals surface area contributed by atoms with Crippen molar-refractivity contribution in [3.05, 3.63) is 141 Å². The Kier molecular flexibility index (Phi) is 8.70. The zero-order chi connectivity index (χ0) is 29.8. The molecule has 1 aliphatic heterocycles. The number of para-hydroxylation sites is 1. The smallest absolute Gasteiger partial charge is 0.267 e. The molecule has 0 unspecified atom stereocenters. The van der Waals surface area contributed by atoms with Crippen molar-refractivity contribution in [1.82, 2.24) is 4.90 Å². The van der Waals surface area contributed by atoms with Gasteiger partial charge in [-0.3, -0.25) is 9.69 Å². The minimum Gasteiger partial charge on any atom is -0.497 e. The van der Waals surface area contributed by atoms with E-state index in [1.54, 1.807) is 24.1 Å². The fourth-order valence-electron chi connectivity index (χ4n) is 4.73. The number of thioether (sulfide) groups is 1. The quantitative estimate of drug-likeness (QED) is 0.161. The molecule has 5 nitrogen and oxygen atoms in total. The minimum atomic E-state index is -0.130. The van der Waals surface area contributed by atoms with Gasteiger partial charge in [0.05, 0.1) is 24.2 Å². The number of hydrogen-bond donors (Lipinski definition) is 0. The summed E-state index contributed by atoms with van der Waals surface area (Å²) in [5.74, 6) is 1.27. The molecule has 0 N–H and O–H groups in total. The van der Waals surface area contributed by atoms with Crippen LogP contribution in [0.4, 0.5) is 5.69 Å². The molecule has 0 bridgehead atoms. The third-order valence-electron chi connectivity index (χ3n) is 6.97. The second-order valence-corrected chi connectivity index (χ2v) is 11.7. The predicted molar refractivity (Wildman–Crippen MR) is 177 cm³/mol. The monoisotopic (exact) mass is 624 g/mol. The molecular weight excluding hydrogens is 599 g/mol. The van der Waals surface area contributed by atoms with Gasteiger partial charge in [-0.15, -0.1) is 0 Å². The molecule has 0 radical (unpaired) electrons. The minimum absolute atomic E-state index is 0.130. The van der Waals surface area contributed by atoms with E-state index in [2.05, 4.69) is 0 Å². The molecule has 1 amide bonds. The lowest BCUT2D eigenvalue weighted by Crippen LogP contribution is -2.28. The molecule has 0 aromatic heterocycles. The van der Waals surface area contributed by atoms with Gasteiger partial charge in [0, 0.05) is 21.2 Å². The Morgan fingerprint density at radius 3 is 2.42 bits per heavy atom. The molecule has 43 heavy (non-hydrogen) atoms. The van der Waals surface area contributed by atoms with E-state index in [1.807, 2.05) is 103 Å². The Hall–Kier alpha value is -4.23. The Labute approximate surface area is 264 Å². The highest BCUT2D eigenvalue weighted by molar-refractivity contribution is 8.18. The number of carbonyl (C=O) groups is 1. The number of halogens is 2. The number of benzene rings is 5. The third kappa shape index (κ3) is 6.57. The van der Waals surface area contributed by atoms with E-state index >= 15 is 0 Å². The predicted octanol–water partition coefficient (Wildman–Crippen LogP) is 9.54. The second kappa shape index (κ2) is 13.0. The van der Waals surface area contributed by atoms with Gasteiger partial charge in [0.2, 0.25) is 0 Å². The van der Waals surface area contributed by atoms with Crippen molar-refractivity contribution in [1.29, 1.82) is 0 Å². The van der Waals surface area contributed by atoms with Crippen LogP contribution in [0.3, 0.4) is 0 Å². The first-order valence-electron chi connectivity index (χ1n) is 13.5. The number of amides is 1. The number of carbonyl (C=O) groups excluding carboxylic acids is 1. The lowest BCUT2D eigenvalue weighted by atomic mass is 10.0. The number of aliphatic imine (C=N–C) groups is 1. The number of hydrogen-bond acceptors (Lipinski definition) is 5. The Balaban J connectivity index is 1.39. The molecule has 0 saturated carbocycles. The SMILES string of the molecule is COc1ccc(CN2C(=O)/C(=C/c3c(OCc4ccc(Cl)cc4Cl)ccc4ccccc34)SC2=Nc2ccccc2)cc1. The van der Waals surface area contributed by atoms with Crippen LogP contribution in [0.5, 0.6) is 11.5 Å². The summed E-state index contributed by atoms with van der Waals surface area (Å²) >= 11 is 13.9. The van der Waals surface area contributed by atoms with Crippen molar-refractivity contribution in [2.75, 3.05) is 7.11 Å². The Morgan fingerprint density at radius 1 is 0.884 bits per heavy atom. The highest BCUT2D eigenvalue weighted by atomic mass is 35.5. The van der Waals surface area contributed by atoms with Crippen molar-refractivity contribution < 1.29 is 14.3 Å². The van der Waals surface area contributed by atoms with E-state index in [0.29, 0.717) is 32.4 Å². The van der Waals surface area contributed by atoms with Gasteiger partial charge in [-0.05, 0) is 76.6 Å². The molecule has 5 aromatic carbocycles. The van der Waals surface area contributed by atoms with Crippen molar-refractivity contribution in [3.63, 3.8) is 0 Å². The van der Waals surface area contributed by atoms with Gasteiger partial charge in [0.15, 0.2) is 5.17 Å². The van der Waals surface area contributed by atoms with E-state index in [9.17, 15) is 4.79 Å². The van der Waals surface area contributed by atoms with Crippen LogP contribution in [0.2, 0.25) is 10.0 Å². The van der Waals surface area contributed by atoms with Crippen molar-refractivity contribution in [2.24, 2.45) is 4.99 Å². The fourth-order valence-corrected chi connectivity index (χ4v) is 6.18. The van der Waals surface area contributed by atoms with Gasteiger partial charge in [-0.1, -0.05) is 89.9 Å². The Bertz CT molecular complexity index is 1860. The van der Waals surface area contributed by atoms with Gasteiger partial charge in [0.25, 0.3) is 5.91 Å². The van der Waals surface area contributed by atoms with Crippen LogP contribution < -0.4 is 9.47 Å². The molecule has 0 atom stereocenters. The number of amidine groups is 1. The summed E-state index contributed by atoms with van der Waals surface area (Å²) in [6, 6.07) is 34.6. The standard InChI is InChI=1S/C35H26Cl2N2O3S/c1-41-28-16-11-23(12-17-28)21-39-34(40)33(43-35(39)38-27-8-3-2-4-9-27)20-30-29-10-6-5-7-24(29)14-18-32(30)42-22-25-13-15-26(36)19-31(25)37/h2-20H,21-22H2,1H3/b33-20-,38-35?. The van der Waals surface area contributed by atoms with Gasteiger partial charge in [0.1, 0.15) is 18.1 Å². The summed E-state index contributed by atoms with van der Waals surface area (Å²) in [7, 11) is 1.63. The van der Waals surface area contributed by atoms with Crippen LogP contribution in [0.15, 0.2) is 119 Å². The summed E-state index contributed by atoms with van der Waals surface area (Å²) in [5, 5.41) is 3.71. The van der Waals surface area contributed by atoms with Crippen molar-refractivity contribution >= 4 is 68.6 Å². The zero-order valence-electron chi connectivity index (χ0n) is 23.2. The number of fused-ring (bicyclic) bond motifs is 1. The molecule has 214 valence electrons. The van der Waals surface area contributed by atoms with E-state index < -0.39 is 0 Å². The van der Waals surface area contributed by atoms with Crippen LogP contribution in [-0.2, 0) is 17.9 Å². The van der Waals surface area contributed by atoms with Gasteiger partial charge in [-0.25, -0.2) is 4.99 Å². The maximum absolute atomic E-state index is 14.0. The van der Waals surface area contributed by atoms with Crippen LogP contribution in [0.1, 0.15) is 16.7 Å². The second-order valence-electron chi connectivity index (χ2n) is 9.80. The summed E-state index contributed by atoms with van der Waals surface area (Å²) in [5.41, 5.74) is 3.36. The number of methoxy groups -OCH3 is 1. The zero-order valence-corrected chi connectivity index (χ0v) is 25.5. The lowest BCUT2D eigenvalue weighted by Gasteiger charge is -2.16. The number of nitrogens with zero attached hydrogens (tertiary/aromatic N) is 2. The van der Waals surface area contributed by atoms with Crippen LogP contribution in [0.25, 0.3) is 16.8 Å². The van der Waals surface area contributed by atoms with Gasteiger partial charge >= 0.3 is 0 Å². The molecular formula is C35H26Cl2N2O3S. The number of ether oxygens (including phenoxy) is 2. The first-order valence-corrected chi connectivity index (χ1v) is 15.1. The molecule has 1 heterocycles. The lowest BCUT2D eigenvalue weighted by molar-refractivity contribution is -0.122. The highest BCUT2D eigenvalue weighted by Gasteiger charge is 2.34. The maximum atomic E-state index is 14.0. The van der Waals surface area contributed by atoms with Crippen LogP contribution >= 0.6 is 35.0 Å². The van der Waals surface area contributed by atoms with Crippen molar-refractivity contribution in [3.8, 4) is 11.5 Å². The first kappa shape index (κ1) is 28.9. The molecule has 1 fully saturated rings. The maximum Gasteiger partial charge on any atom is 0.267 e. The summed E-state index contributed by atoms with van der Waals surface area (Å²) in [6.07, 6.45) is 1.91. The molecule has 0 aliphatic carbocycles. The van der Waals surface area contributed by atoms with Crippen LogP contribution in [0, 0.1) is 0 Å². The topological polar surface area (TPSA) is 51.1 Å². The van der Waals surface area contributed by atoms with E-state index in [4.69, 9.17) is 37.7 Å². The van der Waals surface area contributed by atoms with E-state index in [0.717, 1.165) is 38.9 Å². The van der Waals surface area contributed by atoms with Gasteiger partial charge < -0.3 is 9.47 Å². The van der Waals surface area contributed by atoms with Gasteiger partial charge in [-0.2, -0.15) is 0 Å². The average Bonchev–Trinajstić information content (AvgIpc) is 3.31. The molecule has 0 spiro atoms. The summed E-state index contributed by atoms with van der Waals surface area (Å²) in [6.45, 7) is 0.614. The largest absolute Gasteiger partial charge is 0.497 e. The molecule has 5 aromatic rings. The first-order chi connectivity index (χ1) is 21.0. The fraction of sp³-hybridized carbons (Fsp3) is 0.0857. The Morgan fingerprint density at radius 2 is 1.65 bits per heavy atom. The van der Waals surface area contributed by atoms with E-state index in [1.165, 1.54) is 11.8 Å². The normalized spacial score (nSPS) is 15.0. The third-order valence-corrected chi connectivity index (χ3v) is 8.57. The van der Waals surface area contributed by atoms with E-state index in [-0.39, 0.29) is 12.5 Å².